The number of carbonyl (C=O) groups excluding carboxylic acids is 1. The fraction of sp³-hybridized carbons (Fsp3) is 0.286. The van der Waals surface area contributed by atoms with E-state index >= 15 is 0 Å². The van der Waals surface area contributed by atoms with Crippen molar-refractivity contribution in [2.24, 2.45) is 0 Å². The lowest BCUT2D eigenvalue weighted by atomic mass is 9.98. The van der Waals surface area contributed by atoms with Crippen molar-refractivity contribution in [1.29, 1.82) is 0 Å². The molecule has 0 saturated heterocycles. The molecule has 6 heteroatoms. The van der Waals surface area contributed by atoms with Crippen molar-refractivity contribution in [2.75, 3.05) is 13.7 Å². The first-order chi connectivity index (χ1) is 13.2. The largest absolute Gasteiger partial charge is 0.497 e. The average Bonchev–Trinajstić information content (AvgIpc) is 3.39. The molecule has 0 spiro atoms. The van der Waals surface area contributed by atoms with Gasteiger partial charge in [0.1, 0.15) is 11.5 Å². The smallest absolute Gasteiger partial charge is 0.264 e. The lowest BCUT2D eigenvalue weighted by Crippen LogP contribution is -2.45. The van der Waals surface area contributed by atoms with Crippen LogP contribution in [-0.4, -0.2) is 30.6 Å². The van der Waals surface area contributed by atoms with Gasteiger partial charge in [-0.05, 0) is 66.1 Å². The number of nitrogens with zero attached hydrogens (tertiary/aromatic N) is 1. The van der Waals surface area contributed by atoms with E-state index in [0.29, 0.717) is 12.3 Å². The van der Waals surface area contributed by atoms with Crippen molar-refractivity contribution >= 4 is 28.6 Å². The van der Waals surface area contributed by atoms with Gasteiger partial charge in [-0.1, -0.05) is 6.07 Å². The topological polar surface area (TPSA) is 38.8 Å². The van der Waals surface area contributed by atoms with Crippen LogP contribution in [0.4, 0.5) is 0 Å². The van der Waals surface area contributed by atoms with Crippen molar-refractivity contribution in [3.05, 3.63) is 68.5 Å². The molecule has 0 fully saturated rings. The highest BCUT2D eigenvalue weighted by atomic mass is 32.1. The van der Waals surface area contributed by atoms with Gasteiger partial charge >= 0.3 is 0 Å². The summed E-state index contributed by atoms with van der Waals surface area (Å²) in [4.78, 5) is 17.8. The zero-order valence-corrected chi connectivity index (χ0v) is 16.9. The number of amides is 1. The lowest BCUT2D eigenvalue weighted by molar-refractivity contribution is -0.140. The van der Waals surface area contributed by atoms with Gasteiger partial charge in [-0.3, -0.25) is 4.79 Å². The van der Waals surface area contributed by atoms with Gasteiger partial charge in [0.05, 0.1) is 13.2 Å². The zero-order valence-electron chi connectivity index (χ0n) is 15.3. The Balaban J connectivity index is 1.56. The van der Waals surface area contributed by atoms with Crippen molar-refractivity contribution < 1.29 is 14.3 Å². The molecule has 0 radical (unpaired) electrons. The molecule has 0 bridgehead atoms. The van der Waals surface area contributed by atoms with Gasteiger partial charge in [0.2, 0.25) is 0 Å². The Labute approximate surface area is 167 Å². The van der Waals surface area contributed by atoms with Gasteiger partial charge in [0.25, 0.3) is 5.91 Å². The number of rotatable bonds is 5. The minimum Gasteiger partial charge on any atom is -0.497 e. The maximum Gasteiger partial charge on any atom is 0.264 e. The van der Waals surface area contributed by atoms with E-state index in [1.165, 1.54) is 15.3 Å². The molecule has 4 nitrogen and oxygen atoms in total. The maximum absolute atomic E-state index is 13.2. The molecule has 0 N–H and O–H groups in total. The molecule has 1 aromatic carbocycles. The fourth-order valence-electron chi connectivity index (χ4n) is 3.45. The molecule has 3 aromatic rings. The first kappa shape index (κ1) is 18.1. The summed E-state index contributed by atoms with van der Waals surface area (Å²) in [6, 6.07) is 13.6. The van der Waals surface area contributed by atoms with Gasteiger partial charge in [-0.2, -0.15) is 0 Å². The predicted octanol–water partition coefficient (Wildman–Crippen LogP) is 4.76. The average molecular weight is 400 g/mol. The number of hydrogen-bond acceptors (Lipinski definition) is 5. The van der Waals surface area contributed by atoms with Crippen molar-refractivity contribution in [3.63, 3.8) is 0 Å². The Hall–Kier alpha value is -2.31. The minimum atomic E-state index is -0.555. The third-order valence-electron chi connectivity index (χ3n) is 4.78. The van der Waals surface area contributed by atoms with Crippen LogP contribution in [0, 0.1) is 0 Å². The quantitative estimate of drug-likeness (QED) is 0.621. The van der Waals surface area contributed by atoms with E-state index in [-0.39, 0.29) is 11.9 Å². The van der Waals surface area contributed by atoms with Crippen molar-refractivity contribution in [3.8, 4) is 11.5 Å². The summed E-state index contributed by atoms with van der Waals surface area (Å²) in [6.07, 6.45) is 0.344. The van der Waals surface area contributed by atoms with Crippen molar-refractivity contribution in [1.82, 2.24) is 4.90 Å². The number of fused-ring (bicyclic) bond motifs is 1. The second-order valence-electron chi connectivity index (χ2n) is 6.43. The number of hydrogen-bond donors (Lipinski definition) is 0. The standard InChI is InChI=1S/C21H21NO3S2/c1-14(25-16-7-5-15(24-2)6-8-16)21(23)22-11-9-18-17(10-13-27-18)20(22)19-4-3-12-26-19/h3-8,10,12-14,20H,9,11H2,1-2H3. The summed E-state index contributed by atoms with van der Waals surface area (Å²) in [5.41, 5.74) is 1.25. The lowest BCUT2D eigenvalue weighted by Gasteiger charge is -2.37. The van der Waals surface area contributed by atoms with Gasteiger partial charge in [0.15, 0.2) is 6.10 Å². The highest BCUT2D eigenvalue weighted by Gasteiger charge is 2.35. The van der Waals surface area contributed by atoms with E-state index in [1.54, 1.807) is 29.8 Å². The monoisotopic (exact) mass is 399 g/mol. The van der Waals surface area contributed by atoms with Gasteiger partial charge in [0, 0.05) is 16.3 Å². The molecule has 27 heavy (non-hydrogen) atoms. The van der Waals surface area contributed by atoms with Crippen LogP contribution in [0.3, 0.4) is 0 Å². The highest BCUT2D eigenvalue weighted by Crippen LogP contribution is 2.39. The van der Waals surface area contributed by atoms with Crippen LogP contribution in [0.5, 0.6) is 11.5 Å². The van der Waals surface area contributed by atoms with E-state index in [9.17, 15) is 4.79 Å². The molecule has 1 aliphatic rings. The molecule has 140 valence electrons. The van der Waals surface area contributed by atoms with Gasteiger partial charge < -0.3 is 14.4 Å². The Kier molecular flexibility index (Phi) is 5.18. The highest BCUT2D eigenvalue weighted by molar-refractivity contribution is 7.10. The van der Waals surface area contributed by atoms with Crippen LogP contribution in [0.2, 0.25) is 0 Å². The second kappa shape index (κ2) is 7.74. The first-order valence-electron chi connectivity index (χ1n) is 8.88. The first-order valence-corrected chi connectivity index (χ1v) is 10.6. The van der Waals surface area contributed by atoms with Crippen LogP contribution in [-0.2, 0) is 11.2 Å². The van der Waals surface area contributed by atoms with Crippen LogP contribution in [0.1, 0.15) is 28.3 Å². The molecule has 0 aliphatic carbocycles. The van der Waals surface area contributed by atoms with Crippen LogP contribution in [0.25, 0.3) is 0 Å². The van der Waals surface area contributed by atoms with E-state index in [2.05, 4.69) is 22.9 Å². The SMILES string of the molecule is COc1ccc(OC(C)C(=O)N2CCc3sccc3C2c2cccs2)cc1. The molecule has 0 saturated carbocycles. The summed E-state index contributed by atoms with van der Waals surface area (Å²) in [6.45, 7) is 2.53. The molecular formula is C21H21NO3S2. The Morgan fingerprint density at radius 1 is 1.11 bits per heavy atom. The second-order valence-corrected chi connectivity index (χ2v) is 8.41. The summed E-state index contributed by atoms with van der Waals surface area (Å²) in [5, 5.41) is 4.19. The Morgan fingerprint density at radius 3 is 2.59 bits per heavy atom. The molecule has 1 amide bonds. The zero-order chi connectivity index (χ0) is 18.8. The predicted molar refractivity (Wildman–Crippen MR) is 109 cm³/mol. The van der Waals surface area contributed by atoms with Crippen molar-refractivity contribution in [2.45, 2.75) is 25.5 Å². The Bertz CT molecular complexity index is 902. The molecule has 3 heterocycles. The van der Waals surface area contributed by atoms with Gasteiger partial charge in [-0.25, -0.2) is 0 Å². The van der Waals surface area contributed by atoms with E-state index in [4.69, 9.17) is 9.47 Å². The molecule has 2 aromatic heterocycles. The number of benzene rings is 1. The number of ether oxygens (including phenoxy) is 2. The van der Waals surface area contributed by atoms with E-state index in [1.807, 2.05) is 42.2 Å². The normalized spacial score (nSPS) is 17.3. The molecule has 2 atom stereocenters. The third-order valence-corrected chi connectivity index (χ3v) is 6.70. The maximum atomic E-state index is 13.2. The third kappa shape index (κ3) is 3.59. The number of thiophene rings is 2. The number of carbonyl (C=O) groups is 1. The molecule has 2 unspecified atom stereocenters. The summed E-state index contributed by atoms with van der Waals surface area (Å²) < 4.78 is 11.1. The Morgan fingerprint density at radius 2 is 1.89 bits per heavy atom. The van der Waals surface area contributed by atoms with Gasteiger partial charge in [-0.15, -0.1) is 22.7 Å². The van der Waals surface area contributed by atoms with Crippen LogP contribution < -0.4 is 9.47 Å². The van der Waals surface area contributed by atoms with Crippen LogP contribution >= 0.6 is 22.7 Å². The molecule has 1 aliphatic heterocycles. The number of methoxy groups -OCH3 is 1. The van der Waals surface area contributed by atoms with E-state index in [0.717, 1.165) is 12.2 Å². The summed E-state index contributed by atoms with van der Waals surface area (Å²) in [5.74, 6) is 1.44. The summed E-state index contributed by atoms with van der Waals surface area (Å²) >= 11 is 3.47. The summed E-state index contributed by atoms with van der Waals surface area (Å²) in [7, 11) is 1.63. The molecular weight excluding hydrogens is 378 g/mol. The fourth-order valence-corrected chi connectivity index (χ4v) is 5.21. The minimum absolute atomic E-state index is 0.0149. The van der Waals surface area contributed by atoms with E-state index < -0.39 is 6.10 Å². The van der Waals surface area contributed by atoms with Crippen LogP contribution in [0.15, 0.2) is 53.2 Å². The molecule has 4 rings (SSSR count).